The summed E-state index contributed by atoms with van der Waals surface area (Å²) in [5, 5.41) is 2.13. The molecule has 1 aromatic rings. The van der Waals surface area contributed by atoms with Crippen LogP contribution >= 0.6 is 23.1 Å². The number of hydrogen-bond acceptors (Lipinski definition) is 4. The summed E-state index contributed by atoms with van der Waals surface area (Å²) in [6.45, 7) is 8.44. The zero-order valence-electron chi connectivity index (χ0n) is 12.6. The molecular weight excluding hydrogens is 288 g/mol. The number of thiazole rings is 1. The smallest absolute Gasteiger partial charge is 0.223 e. The third kappa shape index (κ3) is 4.48. The standard InChI is InChI=1S/C15H24N2OS2/c1-15(2,3)12-11-20-14(16-12)19-10-7-13(18)17-8-5-4-6-9-17/h11H,4-10H2,1-3H3. The number of nitrogens with zero attached hydrogens (tertiary/aromatic N) is 2. The highest BCUT2D eigenvalue weighted by atomic mass is 32.2. The molecule has 0 N–H and O–H groups in total. The van der Waals surface area contributed by atoms with Gasteiger partial charge in [-0.25, -0.2) is 4.98 Å². The number of thioether (sulfide) groups is 1. The normalized spacial score (nSPS) is 16.4. The molecule has 20 heavy (non-hydrogen) atoms. The first-order chi connectivity index (χ1) is 9.47. The number of amides is 1. The molecule has 0 atom stereocenters. The summed E-state index contributed by atoms with van der Waals surface area (Å²) in [5.41, 5.74) is 1.26. The fourth-order valence-electron chi connectivity index (χ4n) is 2.20. The van der Waals surface area contributed by atoms with Crippen LogP contribution in [0.25, 0.3) is 0 Å². The highest BCUT2D eigenvalue weighted by Gasteiger charge is 2.18. The number of hydrogen-bond donors (Lipinski definition) is 0. The van der Waals surface area contributed by atoms with Crippen LogP contribution in [0.2, 0.25) is 0 Å². The molecule has 1 fully saturated rings. The van der Waals surface area contributed by atoms with E-state index in [1.54, 1.807) is 23.1 Å². The lowest BCUT2D eigenvalue weighted by atomic mass is 9.93. The van der Waals surface area contributed by atoms with E-state index in [9.17, 15) is 4.79 Å². The number of likely N-dealkylation sites (tertiary alicyclic amines) is 1. The number of carbonyl (C=O) groups excluding carboxylic acids is 1. The van der Waals surface area contributed by atoms with E-state index in [1.165, 1.54) is 19.3 Å². The molecule has 112 valence electrons. The molecule has 1 aliphatic heterocycles. The second-order valence-electron chi connectivity index (χ2n) is 6.29. The molecule has 1 saturated heterocycles. The van der Waals surface area contributed by atoms with Crippen LogP contribution < -0.4 is 0 Å². The lowest BCUT2D eigenvalue weighted by Crippen LogP contribution is -2.35. The number of carbonyl (C=O) groups is 1. The summed E-state index contributed by atoms with van der Waals surface area (Å²) in [6.07, 6.45) is 4.24. The topological polar surface area (TPSA) is 33.2 Å². The molecule has 2 heterocycles. The van der Waals surface area contributed by atoms with Gasteiger partial charge in [0.25, 0.3) is 0 Å². The largest absolute Gasteiger partial charge is 0.343 e. The van der Waals surface area contributed by atoms with Gasteiger partial charge in [0, 0.05) is 36.1 Å². The zero-order chi connectivity index (χ0) is 14.6. The average Bonchev–Trinajstić information content (AvgIpc) is 2.88. The summed E-state index contributed by atoms with van der Waals surface area (Å²) in [7, 11) is 0. The molecule has 2 rings (SSSR count). The van der Waals surface area contributed by atoms with Gasteiger partial charge in [0.1, 0.15) is 4.34 Å². The quantitative estimate of drug-likeness (QED) is 0.790. The van der Waals surface area contributed by atoms with Crippen molar-refractivity contribution in [1.82, 2.24) is 9.88 Å². The van der Waals surface area contributed by atoms with Crippen LogP contribution in [0.5, 0.6) is 0 Å². The molecule has 3 nitrogen and oxygen atoms in total. The van der Waals surface area contributed by atoms with E-state index in [4.69, 9.17) is 0 Å². The van der Waals surface area contributed by atoms with Gasteiger partial charge < -0.3 is 4.90 Å². The Bertz CT molecular complexity index is 445. The van der Waals surface area contributed by atoms with E-state index < -0.39 is 0 Å². The predicted octanol–water partition coefficient (Wildman–Crippen LogP) is 3.94. The number of aromatic nitrogens is 1. The second-order valence-corrected chi connectivity index (χ2v) is 8.49. The molecule has 0 spiro atoms. The molecule has 0 unspecified atom stereocenters. The Hall–Kier alpha value is -0.550. The second kappa shape index (κ2) is 6.94. The lowest BCUT2D eigenvalue weighted by Gasteiger charge is -2.26. The van der Waals surface area contributed by atoms with Crippen molar-refractivity contribution in [2.75, 3.05) is 18.8 Å². The van der Waals surface area contributed by atoms with Gasteiger partial charge in [-0.3, -0.25) is 4.79 Å². The maximum atomic E-state index is 12.0. The van der Waals surface area contributed by atoms with Gasteiger partial charge in [0.15, 0.2) is 0 Å². The van der Waals surface area contributed by atoms with Crippen molar-refractivity contribution < 1.29 is 4.79 Å². The van der Waals surface area contributed by atoms with Crippen LogP contribution in [0.1, 0.15) is 52.1 Å². The summed E-state index contributed by atoms with van der Waals surface area (Å²) < 4.78 is 1.08. The molecule has 5 heteroatoms. The van der Waals surface area contributed by atoms with Crippen molar-refractivity contribution in [1.29, 1.82) is 0 Å². The molecular formula is C15H24N2OS2. The van der Waals surface area contributed by atoms with Gasteiger partial charge >= 0.3 is 0 Å². The lowest BCUT2D eigenvalue weighted by molar-refractivity contribution is -0.131. The number of piperidine rings is 1. The minimum absolute atomic E-state index is 0.110. The molecule has 1 aliphatic rings. The highest BCUT2D eigenvalue weighted by molar-refractivity contribution is 8.01. The third-order valence-electron chi connectivity index (χ3n) is 3.50. The Labute approximate surface area is 130 Å². The van der Waals surface area contributed by atoms with Crippen LogP contribution in [0.4, 0.5) is 0 Å². The van der Waals surface area contributed by atoms with E-state index in [0.717, 1.165) is 28.9 Å². The van der Waals surface area contributed by atoms with Crippen LogP contribution in [0.3, 0.4) is 0 Å². The fraction of sp³-hybridized carbons (Fsp3) is 0.733. The minimum atomic E-state index is 0.110. The molecule has 1 amide bonds. The maximum Gasteiger partial charge on any atom is 0.223 e. The molecule has 0 radical (unpaired) electrons. The van der Waals surface area contributed by atoms with Crippen LogP contribution in [0.15, 0.2) is 9.72 Å². The Morgan fingerprint density at radius 3 is 2.65 bits per heavy atom. The molecule has 1 aromatic heterocycles. The van der Waals surface area contributed by atoms with Crippen LogP contribution in [-0.4, -0.2) is 34.6 Å². The van der Waals surface area contributed by atoms with Gasteiger partial charge in [0.05, 0.1) is 5.69 Å². The van der Waals surface area contributed by atoms with Crippen molar-refractivity contribution in [3.8, 4) is 0 Å². The Balaban J connectivity index is 1.75. The average molecular weight is 313 g/mol. The first-order valence-electron chi connectivity index (χ1n) is 7.33. The van der Waals surface area contributed by atoms with Gasteiger partial charge in [-0.1, -0.05) is 32.5 Å². The minimum Gasteiger partial charge on any atom is -0.343 e. The molecule has 0 bridgehead atoms. The van der Waals surface area contributed by atoms with Gasteiger partial charge in [-0.2, -0.15) is 0 Å². The Kier molecular flexibility index (Phi) is 5.49. The van der Waals surface area contributed by atoms with Crippen LogP contribution in [0, 0.1) is 0 Å². The summed E-state index contributed by atoms with van der Waals surface area (Å²) in [4.78, 5) is 18.7. The predicted molar refractivity (Wildman–Crippen MR) is 86.6 cm³/mol. The molecule has 0 saturated carbocycles. The van der Waals surface area contributed by atoms with E-state index in [2.05, 4.69) is 31.1 Å². The Morgan fingerprint density at radius 2 is 2.05 bits per heavy atom. The van der Waals surface area contributed by atoms with Gasteiger partial charge in [-0.15, -0.1) is 11.3 Å². The van der Waals surface area contributed by atoms with E-state index in [0.29, 0.717) is 12.3 Å². The first kappa shape index (κ1) is 15.8. The fourth-order valence-corrected chi connectivity index (χ4v) is 4.25. The Morgan fingerprint density at radius 1 is 1.35 bits per heavy atom. The van der Waals surface area contributed by atoms with Crippen molar-refractivity contribution in [2.24, 2.45) is 0 Å². The van der Waals surface area contributed by atoms with E-state index >= 15 is 0 Å². The maximum absolute atomic E-state index is 12.0. The van der Waals surface area contributed by atoms with Gasteiger partial charge in [-0.05, 0) is 19.3 Å². The van der Waals surface area contributed by atoms with E-state index in [1.807, 2.05) is 4.90 Å². The van der Waals surface area contributed by atoms with Crippen molar-refractivity contribution >= 4 is 29.0 Å². The summed E-state index contributed by atoms with van der Waals surface area (Å²) in [5.74, 6) is 1.15. The van der Waals surface area contributed by atoms with Crippen molar-refractivity contribution in [3.05, 3.63) is 11.1 Å². The molecule has 0 aromatic carbocycles. The summed E-state index contributed by atoms with van der Waals surface area (Å²) >= 11 is 3.40. The third-order valence-corrected chi connectivity index (χ3v) is 5.52. The SMILES string of the molecule is CC(C)(C)c1csc(SCCC(=O)N2CCCCC2)n1. The van der Waals surface area contributed by atoms with E-state index in [-0.39, 0.29) is 5.41 Å². The van der Waals surface area contributed by atoms with Crippen molar-refractivity contribution in [3.63, 3.8) is 0 Å². The summed E-state index contributed by atoms with van der Waals surface area (Å²) in [6, 6.07) is 0. The number of rotatable bonds is 4. The monoisotopic (exact) mass is 312 g/mol. The highest BCUT2D eigenvalue weighted by Crippen LogP contribution is 2.29. The molecule has 0 aliphatic carbocycles. The van der Waals surface area contributed by atoms with Crippen LogP contribution in [-0.2, 0) is 10.2 Å². The van der Waals surface area contributed by atoms with Crippen molar-refractivity contribution in [2.45, 2.75) is 56.2 Å². The first-order valence-corrected chi connectivity index (χ1v) is 9.20. The zero-order valence-corrected chi connectivity index (χ0v) is 14.3. The van der Waals surface area contributed by atoms with Gasteiger partial charge in [0.2, 0.25) is 5.91 Å².